The van der Waals surface area contributed by atoms with Gasteiger partial charge in [0, 0.05) is 5.56 Å². The zero-order chi connectivity index (χ0) is 22.8. The molecular weight excluding hydrogens is 395 g/mol. The molecule has 0 aromatic heterocycles. The normalized spacial score (nSPS) is 18.6. The van der Waals surface area contributed by atoms with Gasteiger partial charge in [0.2, 0.25) is 6.04 Å². The average Bonchev–Trinajstić information content (AvgIpc) is 2.62. The maximum Gasteiger partial charge on any atom is 0.411 e. The molecule has 1 aliphatic rings. The third kappa shape index (κ3) is 5.41. The van der Waals surface area contributed by atoms with E-state index in [9.17, 15) is 23.9 Å². The van der Waals surface area contributed by atoms with E-state index in [1.54, 1.807) is 20.8 Å². The number of carboxylic acids is 1. The van der Waals surface area contributed by atoms with Crippen LogP contribution in [0.15, 0.2) is 29.5 Å². The Kier molecular flexibility index (Phi) is 6.61. The van der Waals surface area contributed by atoms with Crippen LogP contribution in [-0.4, -0.2) is 58.4 Å². The largest absolute Gasteiger partial charge is 0.477 e. The quantitative estimate of drug-likeness (QED) is 0.413. The van der Waals surface area contributed by atoms with Crippen LogP contribution in [0.4, 0.5) is 9.18 Å². The highest BCUT2D eigenvalue weighted by Crippen LogP contribution is 2.17. The highest BCUT2D eigenvalue weighted by molar-refractivity contribution is 6.26. The molecule has 1 aliphatic heterocycles. The third-order valence-corrected chi connectivity index (χ3v) is 4.41. The van der Waals surface area contributed by atoms with Crippen molar-refractivity contribution in [3.8, 4) is 0 Å². The average molecular weight is 421 g/mol. The second-order valence-electron chi connectivity index (χ2n) is 8.08. The number of halogens is 1. The Morgan fingerprint density at radius 2 is 1.97 bits per heavy atom. The Bertz CT molecular complexity index is 936. The first-order valence-electron chi connectivity index (χ1n) is 9.24. The number of hydrogen-bond acceptors (Lipinski definition) is 5. The lowest BCUT2D eigenvalue weighted by molar-refractivity contribution is -0.641. The lowest BCUT2D eigenvalue weighted by Crippen LogP contribution is -2.95. The van der Waals surface area contributed by atoms with Crippen LogP contribution in [0.5, 0.6) is 0 Å². The van der Waals surface area contributed by atoms with Crippen molar-refractivity contribution in [2.45, 2.75) is 39.3 Å². The molecule has 9 nitrogen and oxygen atoms in total. The molecule has 1 saturated heterocycles. The lowest BCUT2D eigenvalue weighted by Gasteiger charge is -2.32. The van der Waals surface area contributed by atoms with Gasteiger partial charge in [0.25, 0.3) is 5.91 Å². The van der Waals surface area contributed by atoms with Gasteiger partial charge in [-0.25, -0.2) is 14.0 Å². The maximum atomic E-state index is 13.6. The number of primary amides is 1. The van der Waals surface area contributed by atoms with Gasteiger partial charge >= 0.3 is 12.1 Å². The summed E-state index contributed by atoms with van der Waals surface area (Å²) in [6.07, 6.45) is -0.743. The lowest BCUT2D eigenvalue weighted by atomic mass is 9.97. The van der Waals surface area contributed by atoms with E-state index in [1.807, 2.05) is 0 Å². The van der Waals surface area contributed by atoms with Crippen LogP contribution in [0.3, 0.4) is 0 Å². The Labute approximate surface area is 173 Å². The van der Waals surface area contributed by atoms with Gasteiger partial charge in [-0.3, -0.25) is 15.1 Å². The van der Waals surface area contributed by atoms with E-state index >= 15 is 0 Å². The Morgan fingerprint density at radius 3 is 2.47 bits per heavy atom. The van der Waals surface area contributed by atoms with Gasteiger partial charge < -0.3 is 20.9 Å². The van der Waals surface area contributed by atoms with Crippen molar-refractivity contribution in [3.63, 3.8) is 0 Å². The van der Waals surface area contributed by atoms with Gasteiger partial charge in [0.05, 0.1) is 18.8 Å². The fourth-order valence-electron chi connectivity index (χ4n) is 3.02. The number of nitrogens with two attached hydrogens (primary N) is 2. The molecule has 1 atom stereocenters. The minimum atomic E-state index is -1.20. The van der Waals surface area contributed by atoms with Crippen LogP contribution < -0.4 is 11.1 Å². The Morgan fingerprint density at radius 1 is 1.33 bits per heavy atom. The zero-order valence-electron chi connectivity index (χ0n) is 17.3. The number of carbonyl (C=O) groups is 3. The molecular formula is C20H26FN4O5+. The molecule has 0 bridgehead atoms. The molecule has 1 fully saturated rings. The monoisotopic (exact) mass is 421 g/mol. The highest BCUT2D eigenvalue weighted by Gasteiger charge is 2.39. The summed E-state index contributed by atoms with van der Waals surface area (Å²) in [6.45, 7) is 6.23. The van der Waals surface area contributed by atoms with Crippen molar-refractivity contribution in [1.29, 1.82) is 5.41 Å². The van der Waals surface area contributed by atoms with Crippen LogP contribution in [-0.2, 0) is 14.3 Å². The number of piperazine rings is 1. The smallest absolute Gasteiger partial charge is 0.411 e. The van der Waals surface area contributed by atoms with Crippen LogP contribution in [0.2, 0.25) is 0 Å². The van der Waals surface area contributed by atoms with Crippen molar-refractivity contribution >= 4 is 23.7 Å². The topological polar surface area (TPSA) is 150 Å². The summed E-state index contributed by atoms with van der Waals surface area (Å²) in [4.78, 5) is 37.5. The number of ether oxygens (including phenoxy) is 1. The summed E-state index contributed by atoms with van der Waals surface area (Å²) in [5, 5.41) is 19.2. The molecule has 162 valence electrons. The van der Waals surface area contributed by atoms with E-state index in [0.29, 0.717) is 0 Å². The first kappa shape index (κ1) is 23.0. The zero-order valence-corrected chi connectivity index (χ0v) is 17.3. The second-order valence-corrected chi connectivity index (χ2v) is 8.08. The van der Waals surface area contributed by atoms with Gasteiger partial charge in [-0.2, -0.15) is 0 Å². The van der Waals surface area contributed by atoms with Gasteiger partial charge in [-0.1, -0.05) is 0 Å². The third-order valence-electron chi connectivity index (χ3n) is 4.41. The number of benzene rings is 1. The van der Waals surface area contributed by atoms with Crippen LogP contribution in [0.25, 0.3) is 0 Å². The van der Waals surface area contributed by atoms with Crippen molar-refractivity contribution in [3.05, 3.63) is 46.4 Å². The number of nitrogens with one attached hydrogen (secondary N) is 1. The number of nitrogens with zero attached hydrogens (tertiary/aromatic N) is 1. The fraction of sp³-hybridized carbons (Fsp3) is 0.400. The summed E-state index contributed by atoms with van der Waals surface area (Å²) in [7, 11) is 0. The molecule has 6 N–H and O–H groups in total. The van der Waals surface area contributed by atoms with E-state index in [4.69, 9.17) is 15.9 Å². The van der Waals surface area contributed by atoms with Gasteiger partial charge in [-0.15, -0.1) is 0 Å². The van der Waals surface area contributed by atoms with Gasteiger partial charge in [0.15, 0.2) is 0 Å². The molecule has 1 aromatic rings. The Hall–Kier alpha value is -3.27. The molecule has 10 heteroatoms. The predicted molar refractivity (Wildman–Crippen MR) is 105 cm³/mol. The molecule has 0 spiro atoms. The number of quaternary nitrogens is 1. The number of amides is 2. The van der Waals surface area contributed by atoms with Gasteiger partial charge in [-0.05, 0) is 51.5 Å². The predicted octanol–water partition coefficient (Wildman–Crippen LogP) is 0.509. The van der Waals surface area contributed by atoms with Crippen molar-refractivity contribution in [2.75, 3.05) is 13.1 Å². The number of rotatable bonds is 4. The molecule has 0 saturated carbocycles. The number of aryl methyl sites for hydroxylation is 1. The first-order chi connectivity index (χ1) is 13.8. The summed E-state index contributed by atoms with van der Waals surface area (Å²) in [6, 6.07) is 2.78. The van der Waals surface area contributed by atoms with Gasteiger partial charge in [0.1, 0.15) is 22.7 Å². The number of aliphatic carboxylic acids is 1. The molecule has 1 aromatic carbocycles. The molecule has 2 amide bonds. The van der Waals surface area contributed by atoms with E-state index < -0.39 is 35.4 Å². The van der Waals surface area contributed by atoms with Crippen molar-refractivity contribution < 1.29 is 33.9 Å². The molecule has 1 heterocycles. The van der Waals surface area contributed by atoms with Crippen LogP contribution in [0, 0.1) is 18.2 Å². The molecule has 0 aliphatic carbocycles. The minimum Gasteiger partial charge on any atom is -0.477 e. The number of carboxylic acid groups (broad SMARTS) is 1. The van der Waals surface area contributed by atoms with Crippen molar-refractivity contribution in [2.24, 2.45) is 5.73 Å². The molecule has 1 unspecified atom stereocenters. The molecule has 2 rings (SSSR count). The maximum absolute atomic E-state index is 13.6. The van der Waals surface area contributed by atoms with E-state index in [0.717, 1.165) is 4.90 Å². The summed E-state index contributed by atoms with van der Waals surface area (Å²) in [5.41, 5.74) is 4.82. The summed E-state index contributed by atoms with van der Waals surface area (Å²) < 4.78 is 18.9. The fourth-order valence-corrected chi connectivity index (χ4v) is 3.02. The molecule has 30 heavy (non-hydrogen) atoms. The van der Waals surface area contributed by atoms with Crippen molar-refractivity contribution in [1.82, 2.24) is 4.90 Å². The standard InChI is InChI=1S/C20H25FN4O5/c1-10-7-11(5-6-12(10)21)16(22)15(17(23)26)13-8-25(9-14(24-13)18(27)28)19(29)30-20(2,3)4/h5-7,14,22,24H,8-9H2,1-4H3,(H2,23,26)(H,27,28)/p+1. The highest BCUT2D eigenvalue weighted by atomic mass is 19.1. The number of carbonyl (C=O) groups excluding carboxylic acids is 2. The summed E-state index contributed by atoms with van der Waals surface area (Å²) in [5.74, 6) is -2.62. The minimum absolute atomic E-state index is 0.124. The number of hydrogen-bond donors (Lipinski definition) is 4. The van der Waals surface area contributed by atoms with E-state index in [2.05, 4.69) is 0 Å². The Balaban J connectivity index is 2.49. The second kappa shape index (κ2) is 8.62. The van der Waals surface area contributed by atoms with E-state index in [1.165, 1.54) is 30.4 Å². The van der Waals surface area contributed by atoms with E-state index in [-0.39, 0.29) is 41.2 Å². The SMILES string of the molecule is Cc1cc(C(=N)C(C(N)=O)=C2CN(C(=O)OC(C)(C)C)CC(C(=O)O)[NH2+]2)ccc1F. The first-order valence-corrected chi connectivity index (χ1v) is 9.24. The van der Waals surface area contributed by atoms with Crippen LogP contribution in [0.1, 0.15) is 31.9 Å². The molecule has 0 radical (unpaired) electrons. The van der Waals surface area contributed by atoms with Crippen LogP contribution >= 0.6 is 0 Å². The summed E-state index contributed by atoms with van der Waals surface area (Å²) >= 11 is 0.